The highest BCUT2D eigenvalue weighted by molar-refractivity contribution is 7.21. The number of hydrogen-bond donors (Lipinski definition) is 1. The van der Waals surface area contributed by atoms with Crippen LogP contribution in [-0.4, -0.2) is 23.5 Å². The number of aromatic nitrogens is 1. The van der Waals surface area contributed by atoms with Crippen LogP contribution in [0, 0.1) is 13.8 Å². The molecule has 7 heteroatoms. The Balaban J connectivity index is 1.37. The molecular formula is C22H18N2O3S2. The molecule has 2 aromatic carbocycles. The zero-order chi connectivity index (χ0) is 20.4. The number of carbonyl (C=O) groups excluding carboxylic acids is 2. The number of thiazole rings is 1. The van der Waals surface area contributed by atoms with Crippen molar-refractivity contribution in [2.75, 3.05) is 11.9 Å². The molecule has 2 heterocycles. The Morgan fingerprint density at radius 2 is 1.79 bits per heavy atom. The van der Waals surface area contributed by atoms with Gasteiger partial charge in [-0.15, -0.1) is 22.7 Å². The van der Waals surface area contributed by atoms with Gasteiger partial charge in [0.1, 0.15) is 9.88 Å². The largest absolute Gasteiger partial charge is 0.451 e. The molecule has 0 radical (unpaired) electrons. The Morgan fingerprint density at radius 3 is 2.52 bits per heavy atom. The van der Waals surface area contributed by atoms with E-state index in [4.69, 9.17) is 4.74 Å². The molecule has 4 aromatic rings. The van der Waals surface area contributed by atoms with E-state index in [1.807, 2.05) is 43.3 Å². The van der Waals surface area contributed by atoms with E-state index in [1.54, 1.807) is 17.4 Å². The van der Waals surface area contributed by atoms with Gasteiger partial charge >= 0.3 is 5.97 Å². The van der Waals surface area contributed by atoms with E-state index in [1.165, 1.54) is 16.9 Å². The van der Waals surface area contributed by atoms with Crippen LogP contribution in [0.4, 0.5) is 5.69 Å². The predicted octanol–water partition coefficient (Wildman–Crippen LogP) is 5.44. The Bertz CT molecular complexity index is 1190. The minimum atomic E-state index is -0.486. The first-order valence-corrected chi connectivity index (χ1v) is 10.6. The summed E-state index contributed by atoms with van der Waals surface area (Å²) < 4.78 is 6.22. The maximum absolute atomic E-state index is 12.1. The van der Waals surface area contributed by atoms with Crippen molar-refractivity contribution < 1.29 is 14.3 Å². The molecule has 0 saturated carbocycles. The minimum absolute atomic E-state index is 0.325. The van der Waals surface area contributed by atoms with Crippen LogP contribution in [0.1, 0.15) is 20.1 Å². The van der Waals surface area contributed by atoms with E-state index in [9.17, 15) is 9.59 Å². The monoisotopic (exact) mass is 422 g/mol. The number of aryl methyl sites for hydroxylation is 2. The van der Waals surface area contributed by atoms with Crippen molar-refractivity contribution in [2.45, 2.75) is 13.8 Å². The molecule has 0 bridgehead atoms. The Morgan fingerprint density at radius 1 is 1.00 bits per heavy atom. The number of carbonyl (C=O) groups is 2. The van der Waals surface area contributed by atoms with Crippen molar-refractivity contribution in [3.63, 3.8) is 0 Å². The SMILES string of the molecule is Cc1ccc2nc(-c3ccc(NC(=O)COC(=O)c4ccc(C)s4)cc3)sc2c1. The Hall–Kier alpha value is -3.03. The van der Waals surface area contributed by atoms with Gasteiger partial charge in [0.05, 0.1) is 10.2 Å². The molecule has 0 saturated heterocycles. The number of nitrogens with zero attached hydrogens (tertiary/aromatic N) is 1. The summed E-state index contributed by atoms with van der Waals surface area (Å²) in [6, 6.07) is 17.2. The zero-order valence-electron chi connectivity index (χ0n) is 15.9. The smallest absolute Gasteiger partial charge is 0.348 e. The second-order valence-corrected chi connectivity index (χ2v) is 8.92. The topological polar surface area (TPSA) is 68.3 Å². The summed E-state index contributed by atoms with van der Waals surface area (Å²) in [5.41, 5.74) is 3.82. The van der Waals surface area contributed by atoms with Gasteiger partial charge in [-0.3, -0.25) is 4.79 Å². The maximum atomic E-state index is 12.1. The van der Waals surface area contributed by atoms with Crippen molar-refractivity contribution in [1.82, 2.24) is 4.98 Å². The number of anilines is 1. The van der Waals surface area contributed by atoms with Gasteiger partial charge in [0.25, 0.3) is 5.91 Å². The summed E-state index contributed by atoms with van der Waals surface area (Å²) in [4.78, 5) is 30.2. The average molecular weight is 423 g/mol. The number of ether oxygens (including phenoxy) is 1. The molecule has 0 aliphatic heterocycles. The van der Waals surface area contributed by atoms with Crippen LogP contribution in [0.15, 0.2) is 54.6 Å². The van der Waals surface area contributed by atoms with Crippen LogP contribution in [0.25, 0.3) is 20.8 Å². The van der Waals surface area contributed by atoms with Gasteiger partial charge in [-0.05, 0) is 67.9 Å². The molecule has 0 spiro atoms. The first kappa shape index (κ1) is 19.3. The fraction of sp³-hybridized carbons (Fsp3) is 0.136. The predicted molar refractivity (Wildman–Crippen MR) is 118 cm³/mol. The van der Waals surface area contributed by atoms with Gasteiger partial charge in [-0.2, -0.15) is 0 Å². The fourth-order valence-electron chi connectivity index (χ4n) is 2.79. The number of rotatable bonds is 5. The van der Waals surface area contributed by atoms with Gasteiger partial charge in [0, 0.05) is 16.1 Å². The van der Waals surface area contributed by atoms with Gasteiger partial charge in [-0.25, -0.2) is 9.78 Å². The zero-order valence-corrected chi connectivity index (χ0v) is 17.5. The van der Waals surface area contributed by atoms with E-state index in [2.05, 4.69) is 29.4 Å². The normalized spacial score (nSPS) is 10.8. The van der Waals surface area contributed by atoms with Crippen molar-refractivity contribution in [3.05, 3.63) is 69.9 Å². The molecular weight excluding hydrogens is 404 g/mol. The van der Waals surface area contributed by atoms with E-state index < -0.39 is 5.97 Å². The molecule has 0 aliphatic rings. The molecule has 0 aliphatic carbocycles. The first-order chi connectivity index (χ1) is 14.0. The van der Waals surface area contributed by atoms with Crippen molar-refractivity contribution in [3.8, 4) is 10.6 Å². The number of hydrogen-bond acceptors (Lipinski definition) is 6. The highest BCUT2D eigenvalue weighted by atomic mass is 32.1. The third-order valence-electron chi connectivity index (χ3n) is 4.24. The molecule has 1 N–H and O–H groups in total. The molecule has 4 rings (SSSR count). The minimum Gasteiger partial charge on any atom is -0.451 e. The van der Waals surface area contributed by atoms with E-state index >= 15 is 0 Å². The lowest BCUT2D eigenvalue weighted by molar-refractivity contribution is -0.119. The van der Waals surface area contributed by atoms with Gasteiger partial charge in [-0.1, -0.05) is 6.07 Å². The van der Waals surface area contributed by atoms with Gasteiger partial charge < -0.3 is 10.1 Å². The molecule has 2 aromatic heterocycles. The second-order valence-electron chi connectivity index (χ2n) is 6.60. The van der Waals surface area contributed by atoms with Crippen molar-refractivity contribution >= 4 is 50.5 Å². The summed E-state index contributed by atoms with van der Waals surface area (Å²) in [6.07, 6.45) is 0. The van der Waals surface area contributed by atoms with Gasteiger partial charge in [0.2, 0.25) is 0 Å². The fourth-order valence-corrected chi connectivity index (χ4v) is 4.63. The number of amides is 1. The van der Waals surface area contributed by atoms with Crippen molar-refractivity contribution in [1.29, 1.82) is 0 Å². The van der Waals surface area contributed by atoms with Gasteiger partial charge in [0.15, 0.2) is 6.61 Å². The summed E-state index contributed by atoms with van der Waals surface area (Å²) >= 11 is 2.98. The van der Waals surface area contributed by atoms with Crippen LogP contribution < -0.4 is 5.32 Å². The quantitative estimate of drug-likeness (QED) is 0.435. The van der Waals surface area contributed by atoms with E-state index in [0.29, 0.717) is 10.6 Å². The lowest BCUT2D eigenvalue weighted by atomic mass is 10.2. The standard InChI is InChI=1S/C22H18N2O3S2/c1-13-3-9-17-19(11-13)29-21(24-17)15-5-7-16(8-6-15)23-20(25)12-27-22(26)18-10-4-14(2)28-18/h3-11H,12H2,1-2H3,(H,23,25). The average Bonchev–Trinajstić information content (AvgIpc) is 3.32. The number of thiophene rings is 1. The van der Waals surface area contributed by atoms with Crippen LogP contribution in [0.2, 0.25) is 0 Å². The number of esters is 1. The number of fused-ring (bicyclic) bond motifs is 1. The lowest BCUT2D eigenvalue weighted by Crippen LogP contribution is -2.20. The summed E-state index contributed by atoms with van der Waals surface area (Å²) in [5.74, 6) is -0.866. The van der Waals surface area contributed by atoms with E-state index in [0.717, 1.165) is 25.7 Å². The third kappa shape index (κ3) is 4.52. The van der Waals surface area contributed by atoms with Crippen LogP contribution in [0.5, 0.6) is 0 Å². The molecule has 1 amide bonds. The molecule has 5 nitrogen and oxygen atoms in total. The number of nitrogens with one attached hydrogen (secondary N) is 1. The van der Waals surface area contributed by atoms with Crippen molar-refractivity contribution in [2.24, 2.45) is 0 Å². The van der Waals surface area contributed by atoms with E-state index in [-0.39, 0.29) is 12.5 Å². The number of benzene rings is 2. The maximum Gasteiger partial charge on any atom is 0.348 e. The molecule has 0 fully saturated rings. The molecule has 146 valence electrons. The highest BCUT2D eigenvalue weighted by Crippen LogP contribution is 2.31. The Labute approximate surface area is 176 Å². The second kappa shape index (κ2) is 8.14. The molecule has 0 unspecified atom stereocenters. The van der Waals surface area contributed by atoms with Crippen LogP contribution >= 0.6 is 22.7 Å². The summed E-state index contributed by atoms with van der Waals surface area (Å²) in [5, 5.41) is 3.67. The molecule has 29 heavy (non-hydrogen) atoms. The lowest BCUT2D eigenvalue weighted by Gasteiger charge is -2.06. The molecule has 0 atom stereocenters. The summed E-state index contributed by atoms with van der Waals surface area (Å²) in [6.45, 7) is 3.65. The highest BCUT2D eigenvalue weighted by Gasteiger charge is 2.12. The first-order valence-electron chi connectivity index (χ1n) is 8.99. The Kier molecular flexibility index (Phi) is 5.42. The van der Waals surface area contributed by atoms with Crippen LogP contribution in [0.3, 0.4) is 0 Å². The third-order valence-corrected chi connectivity index (χ3v) is 6.28. The summed E-state index contributed by atoms with van der Waals surface area (Å²) in [7, 11) is 0. The van der Waals surface area contributed by atoms with Crippen LogP contribution in [-0.2, 0) is 9.53 Å².